The van der Waals surface area contributed by atoms with E-state index in [-0.39, 0.29) is 42.2 Å². The molecule has 2 fully saturated rings. The van der Waals surface area contributed by atoms with E-state index in [9.17, 15) is 13.6 Å². The summed E-state index contributed by atoms with van der Waals surface area (Å²) in [7, 11) is 0. The van der Waals surface area contributed by atoms with Crippen molar-refractivity contribution in [3.63, 3.8) is 0 Å². The van der Waals surface area contributed by atoms with Crippen LogP contribution in [0.25, 0.3) is 0 Å². The molecule has 5 nitrogen and oxygen atoms in total. The van der Waals surface area contributed by atoms with Crippen LogP contribution in [-0.2, 0) is 4.79 Å². The first kappa shape index (κ1) is 30.6. The number of piperazine rings is 2. The first-order valence-electron chi connectivity index (χ1n) is 12.4. The number of nitrogens with one attached hydrogen (secondary N) is 2. The molecule has 200 valence electrons. The predicted molar refractivity (Wildman–Crippen MR) is 146 cm³/mol. The summed E-state index contributed by atoms with van der Waals surface area (Å²) >= 11 is 0. The van der Waals surface area contributed by atoms with E-state index >= 15 is 0 Å². The maximum Gasteiger partial charge on any atom is 0.150 e. The van der Waals surface area contributed by atoms with Crippen LogP contribution in [0.15, 0.2) is 48.5 Å². The van der Waals surface area contributed by atoms with Crippen LogP contribution >= 0.6 is 24.8 Å². The monoisotopic (exact) mass is 542 g/mol. The van der Waals surface area contributed by atoms with Crippen LogP contribution in [0.4, 0.5) is 8.78 Å². The third-order valence-corrected chi connectivity index (χ3v) is 7.34. The number of carbonyl (C=O) groups is 1. The predicted octanol–water partition coefficient (Wildman–Crippen LogP) is 3.83. The quantitative estimate of drug-likeness (QED) is 0.530. The average Bonchev–Trinajstić information content (AvgIpc) is 2.84. The molecule has 4 atom stereocenters. The number of halogens is 4. The second-order valence-corrected chi connectivity index (χ2v) is 9.71. The average molecular weight is 544 g/mol. The number of ketones is 1. The van der Waals surface area contributed by atoms with Crippen LogP contribution in [0.3, 0.4) is 0 Å². The van der Waals surface area contributed by atoms with Crippen molar-refractivity contribution >= 4 is 30.6 Å². The van der Waals surface area contributed by atoms with Gasteiger partial charge in [0.2, 0.25) is 0 Å². The molecule has 2 aliphatic rings. The minimum atomic E-state index is -0.394. The van der Waals surface area contributed by atoms with Gasteiger partial charge in [-0.1, -0.05) is 24.3 Å². The largest absolute Gasteiger partial charge is 0.314 e. The van der Waals surface area contributed by atoms with Crippen molar-refractivity contribution in [2.24, 2.45) is 0 Å². The Balaban J connectivity index is 0.00000228. The van der Waals surface area contributed by atoms with E-state index in [0.29, 0.717) is 25.2 Å². The number of Topliss-reactive ketones (excluding diaryl/α,β-unsaturated/α-hetero) is 1. The van der Waals surface area contributed by atoms with Gasteiger partial charge in [0.25, 0.3) is 0 Å². The van der Waals surface area contributed by atoms with E-state index in [4.69, 9.17) is 0 Å². The number of rotatable bonds is 8. The minimum Gasteiger partial charge on any atom is -0.314 e. The molecule has 9 heteroatoms. The lowest BCUT2D eigenvalue weighted by molar-refractivity contribution is -0.123. The summed E-state index contributed by atoms with van der Waals surface area (Å²) in [4.78, 5) is 19.0. The zero-order valence-electron chi connectivity index (χ0n) is 21.0. The normalized spacial score (nSPS) is 22.7. The highest BCUT2D eigenvalue weighted by atomic mass is 35.5. The van der Waals surface area contributed by atoms with Gasteiger partial charge in [-0.25, -0.2) is 8.78 Å². The number of benzene rings is 2. The van der Waals surface area contributed by atoms with Crippen LogP contribution in [0.2, 0.25) is 0 Å². The smallest absolute Gasteiger partial charge is 0.150 e. The van der Waals surface area contributed by atoms with Gasteiger partial charge in [0, 0.05) is 64.4 Å². The van der Waals surface area contributed by atoms with Gasteiger partial charge in [0.15, 0.2) is 0 Å². The van der Waals surface area contributed by atoms with E-state index in [1.807, 2.05) is 0 Å². The molecule has 0 spiro atoms. The zero-order valence-corrected chi connectivity index (χ0v) is 22.6. The molecule has 2 unspecified atom stereocenters. The Bertz CT molecular complexity index is 872. The van der Waals surface area contributed by atoms with E-state index in [1.54, 1.807) is 24.3 Å². The van der Waals surface area contributed by atoms with Gasteiger partial charge in [-0.3, -0.25) is 14.6 Å². The summed E-state index contributed by atoms with van der Waals surface area (Å²) in [5.41, 5.74) is 1.66. The Hall–Kier alpha value is -1.61. The molecule has 2 saturated heterocycles. The highest BCUT2D eigenvalue weighted by Gasteiger charge is 2.34. The van der Waals surface area contributed by atoms with E-state index < -0.39 is 11.8 Å². The number of carbonyl (C=O) groups excluding carboxylic acids is 1. The van der Waals surface area contributed by atoms with Crippen molar-refractivity contribution in [1.29, 1.82) is 0 Å². The second kappa shape index (κ2) is 14.4. The van der Waals surface area contributed by atoms with Crippen molar-refractivity contribution in [3.05, 3.63) is 71.3 Å². The lowest BCUT2D eigenvalue weighted by atomic mass is 9.82. The topological polar surface area (TPSA) is 47.6 Å². The summed E-state index contributed by atoms with van der Waals surface area (Å²) in [5, 5.41) is 6.81. The summed E-state index contributed by atoms with van der Waals surface area (Å²) < 4.78 is 27.5. The molecular formula is C27H38Cl2F2N4O. The maximum atomic E-state index is 14.3. The Kier molecular flexibility index (Phi) is 12.2. The lowest BCUT2D eigenvalue weighted by Crippen LogP contribution is -2.53. The van der Waals surface area contributed by atoms with Crippen LogP contribution in [0.1, 0.15) is 36.8 Å². The van der Waals surface area contributed by atoms with Crippen molar-refractivity contribution < 1.29 is 13.6 Å². The number of hydrogen-bond donors (Lipinski definition) is 2. The van der Waals surface area contributed by atoms with Crippen molar-refractivity contribution in [2.75, 3.05) is 52.4 Å². The van der Waals surface area contributed by atoms with Crippen molar-refractivity contribution in [2.45, 2.75) is 37.8 Å². The fraction of sp³-hybridized carbons (Fsp3) is 0.519. The van der Waals surface area contributed by atoms with Gasteiger partial charge < -0.3 is 10.6 Å². The summed E-state index contributed by atoms with van der Waals surface area (Å²) in [6.07, 6.45) is 0. The van der Waals surface area contributed by atoms with Crippen LogP contribution < -0.4 is 10.6 Å². The summed E-state index contributed by atoms with van der Waals surface area (Å²) in [6, 6.07) is 13.3. The third-order valence-electron chi connectivity index (χ3n) is 7.34. The molecule has 0 aromatic heterocycles. The van der Waals surface area contributed by atoms with Gasteiger partial charge in [0.05, 0.1) is 11.8 Å². The number of nitrogens with zero attached hydrogens (tertiary/aromatic N) is 2. The molecule has 36 heavy (non-hydrogen) atoms. The van der Waals surface area contributed by atoms with E-state index in [1.165, 1.54) is 24.3 Å². The molecular weight excluding hydrogens is 505 g/mol. The molecule has 0 amide bonds. The van der Waals surface area contributed by atoms with E-state index in [2.05, 4.69) is 34.3 Å². The zero-order chi connectivity index (χ0) is 24.1. The molecule has 0 radical (unpaired) electrons. The van der Waals surface area contributed by atoms with Crippen molar-refractivity contribution in [1.82, 2.24) is 20.4 Å². The maximum absolute atomic E-state index is 14.3. The van der Waals surface area contributed by atoms with Gasteiger partial charge in [0.1, 0.15) is 17.4 Å². The van der Waals surface area contributed by atoms with Gasteiger partial charge in [-0.15, -0.1) is 24.8 Å². The number of hydrogen-bond acceptors (Lipinski definition) is 5. The van der Waals surface area contributed by atoms with Crippen molar-refractivity contribution in [3.8, 4) is 0 Å². The lowest BCUT2D eigenvalue weighted by Gasteiger charge is -2.39. The van der Waals surface area contributed by atoms with Gasteiger partial charge in [-0.05, 0) is 49.2 Å². The molecule has 2 aliphatic heterocycles. The van der Waals surface area contributed by atoms with Crippen LogP contribution in [0, 0.1) is 11.6 Å². The minimum absolute atomic E-state index is 0. The molecule has 4 rings (SSSR count). The highest BCUT2D eigenvalue weighted by molar-refractivity contribution is 5.92. The molecule has 2 N–H and O–H groups in total. The highest BCUT2D eigenvalue weighted by Crippen LogP contribution is 2.30. The molecule has 2 heterocycles. The Labute approximate surface area is 225 Å². The standard InChI is InChI=1S/C27H36F2N4O.2ClH/c1-19-15-30-11-13-32(19)17-25(21-3-7-23(28)8-4-21)27(34)26(22-5-9-24(29)10-6-22)18-33-14-12-31-16-20(33)2;;/h3-10,19-20,25-26,30-31H,11-18H2,1-2H3;2*1H/t19?,20?,25-,26-;;/m1../s1. The SMILES string of the molecule is CC1CNCCN1C[C@@H](C(=O)[C@H](CN1CCNCC1C)c1ccc(F)cc1)c1ccc(F)cc1.Cl.Cl. The van der Waals surface area contributed by atoms with Crippen LogP contribution in [0.5, 0.6) is 0 Å². The fourth-order valence-corrected chi connectivity index (χ4v) is 5.13. The summed E-state index contributed by atoms with van der Waals surface area (Å²) in [6.45, 7) is 10.8. The van der Waals surface area contributed by atoms with Gasteiger partial charge >= 0.3 is 0 Å². The van der Waals surface area contributed by atoms with Gasteiger partial charge in [-0.2, -0.15) is 0 Å². The first-order chi connectivity index (χ1) is 16.4. The second-order valence-electron chi connectivity index (χ2n) is 9.71. The fourth-order valence-electron chi connectivity index (χ4n) is 5.13. The Morgan fingerprint density at radius 1 is 0.778 bits per heavy atom. The molecule has 0 saturated carbocycles. The van der Waals surface area contributed by atoms with Crippen LogP contribution in [-0.4, -0.2) is 80.0 Å². The molecule has 2 aromatic rings. The Morgan fingerprint density at radius 2 is 1.14 bits per heavy atom. The molecule has 0 aliphatic carbocycles. The molecule has 2 aromatic carbocycles. The first-order valence-corrected chi connectivity index (χ1v) is 12.4. The van der Waals surface area contributed by atoms with E-state index in [0.717, 1.165) is 50.4 Å². The summed E-state index contributed by atoms with van der Waals surface area (Å²) in [5.74, 6) is -1.30. The Morgan fingerprint density at radius 3 is 1.47 bits per heavy atom. The molecule has 0 bridgehead atoms. The third kappa shape index (κ3) is 7.70.